The van der Waals surface area contributed by atoms with E-state index in [1.165, 1.54) is 0 Å². The van der Waals surface area contributed by atoms with Gasteiger partial charge in [-0.1, -0.05) is 30.3 Å². The number of aryl methyl sites for hydroxylation is 2. The lowest BCUT2D eigenvalue weighted by molar-refractivity contribution is -0.122. The predicted molar refractivity (Wildman–Crippen MR) is 117 cm³/mol. The van der Waals surface area contributed by atoms with Gasteiger partial charge in [-0.2, -0.15) is 0 Å². The lowest BCUT2D eigenvalue weighted by Gasteiger charge is -2.26. The predicted octanol–water partition coefficient (Wildman–Crippen LogP) is 4.11. The molecule has 0 atom stereocenters. The number of rotatable bonds is 4. The molecule has 1 fully saturated rings. The minimum atomic E-state index is -0.750. The minimum Gasteiger partial charge on any atom is -0.343 e. The number of barbiturate groups is 1. The summed E-state index contributed by atoms with van der Waals surface area (Å²) in [6, 6.07) is 12.3. The standard InChI is InChI=1S/C24H21N3O3/c1-4-11-26-14-17(19-7-5-6-8-21(19)26)13-20-22(28)25-24(30)27(23(20)29)18-10-9-15(2)16(3)12-18/h4-10,12-14H,1,11H2,2-3H3,(H,25,28,30)/b20-13+. The molecule has 1 aromatic heterocycles. The maximum Gasteiger partial charge on any atom is 0.335 e. The van der Waals surface area contributed by atoms with Gasteiger partial charge in [0.05, 0.1) is 5.69 Å². The molecule has 6 nitrogen and oxygen atoms in total. The highest BCUT2D eigenvalue weighted by Crippen LogP contribution is 2.27. The Morgan fingerprint density at radius 3 is 2.53 bits per heavy atom. The number of hydrogen-bond donors (Lipinski definition) is 1. The van der Waals surface area contributed by atoms with Crippen LogP contribution in [0.4, 0.5) is 10.5 Å². The van der Waals surface area contributed by atoms with Crippen LogP contribution in [0.2, 0.25) is 0 Å². The second kappa shape index (κ2) is 7.48. The number of fused-ring (bicyclic) bond motifs is 1. The molecule has 6 heteroatoms. The first kappa shape index (κ1) is 19.4. The zero-order chi connectivity index (χ0) is 21.4. The van der Waals surface area contributed by atoms with Crippen molar-refractivity contribution in [2.45, 2.75) is 20.4 Å². The lowest BCUT2D eigenvalue weighted by Crippen LogP contribution is -2.54. The number of para-hydroxylation sites is 1. The van der Waals surface area contributed by atoms with E-state index in [0.717, 1.165) is 32.5 Å². The average molecular weight is 399 g/mol. The molecule has 30 heavy (non-hydrogen) atoms. The van der Waals surface area contributed by atoms with E-state index in [0.29, 0.717) is 12.2 Å². The fourth-order valence-electron chi connectivity index (χ4n) is 3.59. The molecule has 0 bridgehead atoms. The molecule has 1 aliphatic rings. The number of carbonyl (C=O) groups excluding carboxylic acids is 3. The second-order valence-electron chi connectivity index (χ2n) is 7.27. The highest BCUT2D eigenvalue weighted by Gasteiger charge is 2.37. The number of imide groups is 2. The van der Waals surface area contributed by atoms with E-state index >= 15 is 0 Å². The third-order valence-electron chi connectivity index (χ3n) is 5.30. The number of urea groups is 1. The number of carbonyl (C=O) groups is 3. The van der Waals surface area contributed by atoms with Crippen LogP contribution in [0.1, 0.15) is 16.7 Å². The van der Waals surface area contributed by atoms with Crippen LogP contribution in [0.25, 0.3) is 17.0 Å². The molecule has 2 aromatic carbocycles. The third kappa shape index (κ3) is 3.22. The van der Waals surface area contributed by atoms with E-state index in [2.05, 4.69) is 11.9 Å². The van der Waals surface area contributed by atoms with Crippen molar-refractivity contribution < 1.29 is 14.4 Å². The van der Waals surface area contributed by atoms with Crippen molar-refractivity contribution in [2.75, 3.05) is 4.90 Å². The molecule has 3 aromatic rings. The van der Waals surface area contributed by atoms with Crippen molar-refractivity contribution in [3.8, 4) is 0 Å². The van der Waals surface area contributed by atoms with Crippen molar-refractivity contribution in [1.82, 2.24) is 9.88 Å². The van der Waals surface area contributed by atoms with E-state index in [1.807, 2.05) is 54.9 Å². The topological polar surface area (TPSA) is 71.4 Å². The van der Waals surface area contributed by atoms with Crippen LogP contribution in [0, 0.1) is 13.8 Å². The SMILES string of the molecule is C=CCn1cc(/C=C2\C(=O)NC(=O)N(c3ccc(C)c(C)c3)C2=O)c2ccccc21. The smallest absolute Gasteiger partial charge is 0.335 e. The molecule has 4 rings (SSSR count). The molecule has 0 unspecified atom stereocenters. The van der Waals surface area contributed by atoms with Gasteiger partial charge >= 0.3 is 6.03 Å². The maximum absolute atomic E-state index is 13.2. The van der Waals surface area contributed by atoms with Gasteiger partial charge in [0, 0.05) is 29.2 Å². The van der Waals surface area contributed by atoms with Crippen molar-refractivity contribution in [3.63, 3.8) is 0 Å². The highest BCUT2D eigenvalue weighted by molar-refractivity contribution is 6.39. The van der Waals surface area contributed by atoms with Gasteiger partial charge in [0.1, 0.15) is 5.57 Å². The Kier molecular flexibility index (Phi) is 4.83. The van der Waals surface area contributed by atoms with Crippen molar-refractivity contribution in [3.05, 3.63) is 83.6 Å². The number of aromatic nitrogens is 1. The van der Waals surface area contributed by atoms with Gasteiger partial charge in [-0.3, -0.25) is 14.9 Å². The van der Waals surface area contributed by atoms with E-state index in [4.69, 9.17) is 0 Å². The Morgan fingerprint density at radius 2 is 1.80 bits per heavy atom. The molecular formula is C24H21N3O3. The lowest BCUT2D eigenvalue weighted by atomic mass is 10.0. The van der Waals surface area contributed by atoms with Crippen LogP contribution < -0.4 is 10.2 Å². The van der Waals surface area contributed by atoms with Crippen LogP contribution in [0.3, 0.4) is 0 Å². The molecule has 1 saturated heterocycles. The van der Waals surface area contributed by atoms with E-state index in [-0.39, 0.29) is 5.57 Å². The average Bonchev–Trinajstić information content (AvgIpc) is 3.06. The second-order valence-corrected chi connectivity index (χ2v) is 7.27. The summed E-state index contributed by atoms with van der Waals surface area (Å²) < 4.78 is 1.99. The summed E-state index contributed by atoms with van der Waals surface area (Å²) >= 11 is 0. The number of nitrogens with zero attached hydrogens (tertiary/aromatic N) is 2. The van der Waals surface area contributed by atoms with Gasteiger partial charge < -0.3 is 4.57 Å². The van der Waals surface area contributed by atoms with Crippen LogP contribution >= 0.6 is 0 Å². The molecule has 1 aliphatic heterocycles. The van der Waals surface area contributed by atoms with Gasteiger partial charge in [-0.25, -0.2) is 9.69 Å². The quantitative estimate of drug-likeness (QED) is 0.408. The van der Waals surface area contributed by atoms with Crippen LogP contribution in [-0.4, -0.2) is 22.4 Å². The van der Waals surface area contributed by atoms with Gasteiger partial charge in [0.25, 0.3) is 11.8 Å². The zero-order valence-electron chi connectivity index (χ0n) is 16.8. The summed E-state index contributed by atoms with van der Waals surface area (Å²) in [6.07, 6.45) is 5.19. The van der Waals surface area contributed by atoms with Crippen LogP contribution in [0.5, 0.6) is 0 Å². The van der Waals surface area contributed by atoms with Crippen molar-refractivity contribution >= 4 is 40.5 Å². The Labute approximate surface area is 174 Å². The minimum absolute atomic E-state index is 0.0886. The molecule has 1 N–H and O–H groups in total. The van der Waals surface area contributed by atoms with E-state index in [1.54, 1.807) is 24.3 Å². The molecular weight excluding hydrogens is 378 g/mol. The molecule has 150 valence electrons. The Morgan fingerprint density at radius 1 is 1.03 bits per heavy atom. The van der Waals surface area contributed by atoms with E-state index in [9.17, 15) is 14.4 Å². The molecule has 4 amide bonds. The van der Waals surface area contributed by atoms with Gasteiger partial charge in [0.2, 0.25) is 0 Å². The highest BCUT2D eigenvalue weighted by atomic mass is 16.2. The molecule has 0 aliphatic carbocycles. The van der Waals surface area contributed by atoms with Crippen LogP contribution in [-0.2, 0) is 16.1 Å². The summed E-state index contributed by atoms with van der Waals surface area (Å²) in [5.74, 6) is -1.35. The Bertz CT molecular complexity index is 1250. The summed E-state index contributed by atoms with van der Waals surface area (Å²) in [5.41, 5.74) is 4.02. The third-order valence-corrected chi connectivity index (χ3v) is 5.30. The maximum atomic E-state index is 13.2. The fourth-order valence-corrected chi connectivity index (χ4v) is 3.59. The largest absolute Gasteiger partial charge is 0.343 e. The van der Waals surface area contributed by atoms with E-state index < -0.39 is 17.8 Å². The van der Waals surface area contributed by atoms with Crippen molar-refractivity contribution in [1.29, 1.82) is 0 Å². The molecule has 2 heterocycles. The first-order valence-electron chi connectivity index (χ1n) is 9.58. The monoisotopic (exact) mass is 399 g/mol. The number of hydrogen-bond acceptors (Lipinski definition) is 3. The number of nitrogens with one attached hydrogen (secondary N) is 1. The molecule has 0 saturated carbocycles. The zero-order valence-corrected chi connectivity index (χ0v) is 16.8. The number of anilines is 1. The molecule has 0 radical (unpaired) electrons. The fraction of sp³-hybridized carbons (Fsp3) is 0.125. The first-order chi connectivity index (χ1) is 14.4. The number of benzene rings is 2. The number of allylic oxidation sites excluding steroid dienone is 1. The first-order valence-corrected chi connectivity index (χ1v) is 9.58. The van der Waals surface area contributed by atoms with Crippen LogP contribution in [0.15, 0.2) is 66.9 Å². The Balaban J connectivity index is 1.81. The normalized spacial score (nSPS) is 15.7. The van der Waals surface area contributed by atoms with Crippen molar-refractivity contribution in [2.24, 2.45) is 0 Å². The van der Waals surface area contributed by atoms with Gasteiger partial charge in [-0.15, -0.1) is 6.58 Å². The summed E-state index contributed by atoms with van der Waals surface area (Å²) in [4.78, 5) is 39.1. The summed E-state index contributed by atoms with van der Waals surface area (Å²) in [5, 5.41) is 3.18. The van der Waals surface area contributed by atoms with Gasteiger partial charge in [0.15, 0.2) is 0 Å². The molecule has 0 spiro atoms. The Hall–Kier alpha value is -3.93. The number of amides is 4. The van der Waals surface area contributed by atoms with Gasteiger partial charge in [-0.05, 0) is 49.2 Å². The summed E-state index contributed by atoms with van der Waals surface area (Å²) in [6.45, 7) is 8.23. The summed E-state index contributed by atoms with van der Waals surface area (Å²) in [7, 11) is 0.